The maximum Gasteiger partial charge on any atom is 0.143 e. The standard InChI is InChI=1S/C12H20IN3S/c1-5-6-9-11(13)12(14-4)16-10(15-9)7-17-8(2)3/h8H,5-7H2,1-4H3,(H,14,15,16). The van der Waals surface area contributed by atoms with Gasteiger partial charge in [-0.15, -0.1) is 0 Å². The van der Waals surface area contributed by atoms with Crippen LogP contribution in [0.4, 0.5) is 5.82 Å². The fourth-order valence-corrected chi connectivity index (χ4v) is 2.81. The normalized spacial score (nSPS) is 10.9. The Balaban J connectivity index is 2.94. The third kappa shape index (κ3) is 4.62. The van der Waals surface area contributed by atoms with Crippen LogP contribution in [0.1, 0.15) is 38.7 Å². The van der Waals surface area contributed by atoms with Crippen LogP contribution in [-0.2, 0) is 12.2 Å². The van der Waals surface area contributed by atoms with Crippen molar-refractivity contribution in [2.75, 3.05) is 12.4 Å². The van der Waals surface area contributed by atoms with Crippen LogP contribution >= 0.6 is 34.4 Å². The van der Waals surface area contributed by atoms with Gasteiger partial charge in [0.2, 0.25) is 0 Å². The zero-order valence-electron chi connectivity index (χ0n) is 10.9. The van der Waals surface area contributed by atoms with Gasteiger partial charge in [0.05, 0.1) is 15.0 Å². The summed E-state index contributed by atoms with van der Waals surface area (Å²) in [6, 6.07) is 0. The van der Waals surface area contributed by atoms with Crippen LogP contribution < -0.4 is 5.32 Å². The molecule has 0 aliphatic heterocycles. The largest absolute Gasteiger partial charge is 0.372 e. The molecule has 0 unspecified atom stereocenters. The van der Waals surface area contributed by atoms with Gasteiger partial charge in [0.1, 0.15) is 11.6 Å². The van der Waals surface area contributed by atoms with Gasteiger partial charge < -0.3 is 5.32 Å². The molecule has 0 radical (unpaired) electrons. The van der Waals surface area contributed by atoms with Gasteiger partial charge in [-0.2, -0.15) is 11.8 Å². The number of aryl methyl sites for hydroxylation is 1. The third-order valence-electron chi connectivity index (χ3n) is 2.24. The van der Waals surface area contributed by atoms with Crippen LogP contribution in [0.25, 0.3) is 0 Å². The molecule has 96 valence electrons. The molecule has 0 fully saturated rings. The van der Waals surface area contributed by atoms with E-state index in [2.05, 4.69) is 58.6 Å². The summed E-state index contributed by atoms with van der Waals surface area (Å²) in [5, 5.41) is 3.77. The molecule has 0 bridgehead atoms. The van der Waals surface area contributed by atoms with Crippen molar-refractivity contribution < 1.29 is 0 Å². The second-order valence-electron chi connectivity index (χ2n) is 4.11. The van der Waals surface area contributed by atoms with E-state index in [0.717, 1.165) is 33.8 Å². The lowest BCUT2D eigenvalue weighted by molar-refractivity contribution is 0.845. The van der Waals surface area contributed by atoms with Gasteiger partial charge in [0.25, 0.3) is 0 Å². The quantitative estimate of drug-likeness (QED) is 0.780. The number of hydrogen-bond donors (Lipinski definition) is 1. The minimum Gasteiger partial charge on any atom is -0.372 e. The summed E-state index contributed by atoms with van der Waals surface area (Å²) < 4.78 is 1.16. The molecule has 5 heteroatoms. The number of nitrogens with one attached hydrogen (secondary N) is 1. The first-order chi connectivity index (χ1) is 8.08. The third-order valence-corrected chi connectivity index (χ3v) is 4.46. The summed E-state index contributed by atoms with van der Waals surface area (Å²) in [6.07, 6.45) is 2.14. The van der Waals surface area contributed by atoms with Crippen molar-refractivity contribution >= 4 is 40.2 Å². The number of halogens is 1. The Morgan fingerprint density at radius 1 is 1.35 bits per heavy atom. The predicted octanol–water partition coefficient (Wildman–Crippen LogP) is 3.72. The van der Waals surface area contributed by atoms with Crippen LogP contribution in [-0.4, -0.2) is 22.3 Å². The maximum absolute atomic E-state index is 4.66. The number of nitrogens with zero attached hydrogens (tertiary/aromatic N) is 2. The van der Waals surface area contributed by atoms with Crippen LogP contribution in [0.15, 0.2) is 0 Å². The van der Waals surface area contributed by atoms with E-state index in [1.54, 1.807) is 0 Å². The van der Waals surface area contributed by atoms with E-state index in [9.17, 15) is 0 Å². The molecule has 1 rings (SSSR count). The molecule has 0 aliphatic carbocycles. The SMILES string of the molecule is CCCc1nc(CSC(C)C)nc(NC)c1I. The minimum atomic E-state index is 0.616. The number of thioether (sulfide) groups is 1. The fourth-order valence-electron chi connectivity index (χ4n) is 1.42. The molecule has 0 aliphatic rings. The summed E-state index contributed by atoms with van der Waals surface area (Å²) in [7, 11) is 1.92. The molecular formula is C12H20IN3S. The highest BCUT2D eigenvalue weighted by atomic mass is 127. The smallest absolute Gasteiger partial charge is 0.143 e. The van der Waals surface area contributed by atoms with E-state index >= 15 is 0 Å². The molecule has 1 N–H and O–H groups in total. The maximum atomic E-state index is 4.66. The van der Waals surface area contributed by atoms with Crippen LogP contribution in [0.2, 0.25) is 0 Å². The van der Waals surface area contributed by atoms with Crippen molar-refractivity contribution in [1.82, 2.24) is 9.97 Å². The van der Waals surface area contributed by atoms with E-state index < -0.39 is 0 Å². The Bertz CT molecular complexity index is 369. The average molecular weight is 365 g/mol. The van der Waals surface area contributed by atoms with Gasteiger partial charge in [0.15, 0.2) is 0 Å². The lowest BCUT2D eigenvalue weighted by atomic mass is 10.2. The molecule has 0 amide bonds. The van der Waals surface area contributed by atoms with Crippen molar-refractivity contribution in [2.24, 2.45) is 0 Å². The van der Waals surface area contributed by atoms with Crippen molar-refractivity contribution in [3.05, 3.63) is 15.1 Å². The molecule has 0 saturated carbocycles. The molecule has 0 spiro atoms. The fraction of sp³-hybridized carbons (Fsp3) is 0.667. The first-order valence-electron chi connectivity index (χ1n) is 5.93. The minimum absolute atomic E-state index is 0.616. The molecule has 0 saturated heterocycles. The topological polar surface area (TPSA) is 37.8 Å². The summed E-state index contributed by atoms with van der Waals surface area (Å²) in [6.45, 7) is 6.58. The van der Waals surface area contributed by atoms with Crippen molar-refractivity contribution in [1.29, 1.82) is 0 Å². The zero-order valence-corrected chi connectivity index (χ0v) is 13.9. The number of hydrogen-bond acceptors (Lipinski definition) is 4. The molecule has 1 aromatic rings. The molecule has 17 heavy (non-hydrogen) atoms. The molecular weight excluding hydrogens is 345 g/mol. The summed E-state index contributed by atoms with van der Waals surface area (Å²) in [5.41, 5.74) is 1.17. The zero-order chi connectivity index (χ0) is 12.8. The summed E-state index contributed by atoms with van der Waals surface area (Å²) in [5.74, 6) is 2.79. The number of aromatic nitrogens is 2. The lowest BCUT2D eigenvalue weighted by Gasteiger charge is -2.11. The highest BCUT2D eigenvalue weighted by Gasteiger charge is 2.11. The number of rotatable bonds is 6. The first kappa shape index (κ1) is 15.0. The average Bonchev–Trinajstić information content (AvgIpc) is 2.30. The molecule has 0 atom stereocenters. The van der Waals surface area contributed by atoms with Gasteiger partial charge in [-0.3, -0.25) is 0 Å². The first-order valence-corrected chi connectivity index (χ1v) is 8.05. The van der Waals surface area contributed by atoms with E-state index in [0.29, 0.717) is 5.25 Å². The predicted molar refractivity (Wildman–Crippen MR) is 84.7 cm³/mol. The lowest BCUT2D eigenvalue weighted by Crippen LogP contribution is -2.07. The summed E-state index contributed by atoms with van der Waals surface area (Å²) >= 11 is 4.21. The Labute approximate surface area is 122 Å². The van der Waals surface area contributed by atoms with E-state index in [1.807, 2.05) is 18.8 Å². The van der Waals surface area contributed by atoms with Crippen LogP contribution in [0.5, 0.6) is 0 Å². The van der Waals surface area contributed by atoms with Crippen molar-refractivity contribution in [3.63, 3.8) is 0 Å². The van der Waals surface area contributed by atoms with E-state index in [-0.39, 0.29) is 0 Å². The van der Waals surface area contributed by atoms with Crippen molar-refractivity contribution in [2.45, 2.75) is 44.6 Å². The second-order valence-corrected chi connectivity index (χ2v) is 6.75. The molecule has 1 heterocycles. The monoisotopic (exact) mass is 365 g/mol. The Kier molecular flexibility index (Phi) is 6.54. The van der Waals surface area contributed by atoms with Gasteiger partial charge in [-0.25, -0.2) is 9.97 Å². The molecule has 1 aromatic heterocycles. The Morgan fingerprint density at radius 2 is 2.06 bits per heavy atom. The molecule has 0 aromatic carbocycles. The highest BCUT2D eigenvalue weighted by molar-refractivity contribution is 14.1. The van der Waals surface area contributed by atoms with Crippen molar-refractivity contribution in [3.8, 4) is 0 Å². The van der Waals surface area contributed by atoms with Gasteiger partial charge in [-0.05, 0) is 34.3 Å². The van der Waals surface area contributed by atoms with Gasteiger partial charge >= 0.3 is 0 Å². The number of anilines is 1. The molecule has 3 nitrogen and oxygen atoms in total. The highest BCUT2D eigenvalue weighted by Crippen LogP contribution is 2.22. The Morgan fingerprint density at radius 3 is 2.59 bits per heavy atom. The van der Waals surface area contributed by atoms with E-state index in [1.165, 1.54) is 5.69 Å². The van der Waals surface area contributed by atoms with Crippen LogP contribution in [0, 0.1) is 3.57 Å². The van der Waals surface area contributed by atoms with E-state index in [4.69, 9.17) is 0 Å². The second kappa shape index (κ2) is 7.41. The Hall–Kier alpha value is -0.0400. The van der Waals surface area contributed by atoms with Gasteiger partial charge in [0, 0.05) is 7.05 Å². The summed E-state index contributed by atoms with van der Waals surface area (Å²) in [4.78, 5) is 9.22. The van der Waals surface area contributed by atoms with Crippen LogP contribution in [0.3, 0.4) is 0 Å². The van der Waals surface area contributed by atoms with Gasteiger partial charge in [-0.1, -0.05) is 27.2 Å².